The van der Waals surface area contributed by atoms with Gasteiger partial charge in [-0.25, -0.2) is 0 Å². The van der Waals surface area contributed by atoms with E-state index >= 15 is 0 Å². The van der Waals surface area contributed by atoms with Gasteiger partial charge in [0, 0.05) is 131 Å². The highest BCUT2D eigenvalue weighted by Gasteiger charge is 2.40. The first kappa shape index (κ1) is 62.2. The van der Waals surface area contributed by atoms with Crippen molar-refractivity contribution >= 4 is 79.3 Å². The molecule has 2 amide bonds. The van der Waals surface area contributed by atoms with Gasteiger partial charge < -0.3 is 50.1 Å². The smallest absolute Gasteiger partial charge is 0.377 e. The van der Waals surface area contributed by atoms with E-state index in [4.69, 9.17) is 39.8 Å². The number of carbonyl (C=O) groups is 3. The van der Waals surface area contributed by atoms with Gasteiger partial charge in [0.25, 0.3) is 0 Å². The minimum absolute atomic E-state index is 0.0210. The molecular formula is C38H84N2O12S3Si3. The van der Waals surface area contributed by atoms with Crippen molar-refractivity contribution in [3.63, 3.8) is 0 Å². The molecule has 2 unspecified atom stereocenters. The molecule has 0 fully saturated rings. The number of ketones is 1. The van der Waals surface area contributed by atoms with Crippen molar-refractivity contribution < 1.29 is 54.2 Å². The topological polar surface area (TPSA) is 150 Å². The van der Waals surface area contributed by atoms with Gasteiger partial charge in [-0.2, -0.15) is 35.3 Å². The molecule has 0 aliphatic rings. The number of rotatable bonds is 33. The highest BCUT2D eigenvalue weighted by molar-refractivity contribution is 7.99. The molecule has 0 rings (SSSR count). The lowest BCUT2D eigenvalue weighted by molar-refractivity contribution is -0.136. The van der Waals surface area contributed by atoms with Gasteiger partial charge in [0.2, 0.25) is 11.8 Å². The quantitative estimate of drug-likeness (QED) is 0.0532. The number of nitrogens with zero attached hydrogens (tertiary/aromatic N) is 1. The van der Waals surface area contributed by atoms with Crippen LogP contribution < -0.4 is 5.32 Å². The number of Topliss-reactive ketones (excluding diaryl/α,β-unsaturated/α-hetero) is 1. The second kappa shape index (κ2) is 36.4. The molecule has 0 aliphatic heterocycles. The fraction of sp³-hybridized carbons (Fsp3) is 0.921. The number of amides is 2. The van der Waals surface area contributed by atoms with Crippen molar-refractivity contribution in [1.82, 2.24) is 10.2 Å². The van der Waals surface area contributed by atoms with Crippen LogP contribution in [0.2, 0.25) is 18.1 Å². The molecule has 0 saturated carbocycles. The van der Waals surface area contributed by atoms with Crippen LogP contribution in [0.3, 0.4) is 0 Å². The van der Waals surface area contributed by atoms with Crippen LogP contribution in [0.4, 0.5) is 0 Å². The maximum Gasteiger partial charge on any atom is 0.500 e. The maximum absolute atomic E-state index is 12.0. The van der Waals surface area contributed by atoms with Gasteiger partial charge >= 0.3 is 26.4 Å². The zero-order valence-electron chi connectivity index (χ0n) is 39.3. The maximum atomic E-state index is 12.0. The Labute approximate surface area is 370 Å². The Bertz CT molecular complexity index is 1020. The fourth-order valence-electron chi connectivity index (χ4n) is 5.31. The summed E-state index contributed by atoms with van der Waals surface area (Å²) < 4.78 is 49.6. The highest BCUT2D eigenvalue weighted by atomic mass is 32.2. The van der Waals surface area contributed by atoms with Gasteiger partial charge in [-0.1, -0.05) is 20.8 Å². The summed E-state index contributed by atoms with van der Waals surface area (Å²) in [5.74, 6) is 6.21. The third-order valence-corrected chi connectivity index (χ3v) is 21.5. The number of carbonyl (C=O) groups excluding carboxylic acids is 3. The van der Waals surface area contributed by atoms with E-state index in [1.165, 1.54) is 6.92 Å². The molecule has 0 heterocycles. The molecule has 0 spiro atoms. The predicted molar refractivity (Wildman–Crippen MR) is 250 cm³/mol. The summed E-state index contributed by atoms with van der Waals surface area (Å²) in [7, 11) is 6.05. The number of nitrogens with one attached hydrogen (secondary N) is 1. The fourth-order valence-corrected chi connectivity index (χ4v) is 15.3. The third kappa shape index (κ3) is 29.3. The van der Waals surface area contributed by atoms with Crippen LogP contribution in [-0.4, -0.2) is 166 Å². The third-order valence-electron chi connectivity index (χ3n) is 8.60. The molecule has 58 heavy (non-hydrogen) atoms. The summed E-state index contributed by atoms with van der Waals surface area (Å²) in [5, 5.41) is 2.86. The Morgan fingerprint density at radius 1 is 0.621 bits per heavy atom. The molecule has 1 N–H and O–H groups in total. The van der Waals surface area contributed by atoms with Crippen LogP contribution in [0.1, 0.15) is 81.6 Å². The second-order valence-corrected chi connectivity index (χ2v) is 26.6. The molecule has 0 aliphatic carbocycles. The minimum Gasteiger partial charge on any atom is -0.377 e. The van der Waals surface area contributed by atoms with Gasteiger partial charge in [0.05, 0.1) is 5.41 Å². The monoisotopic (exact) mass is 940 g/mol. The zero-order chi connectivity index (χ0) is 45.3. The van der Waals surface area contributed by atoms with E-state index in [1.807, 2.05) is 72.0 Å². The van der Waals surface area contributed by atoms with E-state index in [1.54, 1.807) is 80.3 Å². The lowest BCUT2D eigenvalue weighted by Crippen LogP contribution is -2.46. The first-order chi connectivity index (χ1) is 27.2. The van der Waals surface area contributed by atoms with E-state index in [0.29, 0.717) is 19.8 Å². The molecule has 0 radical (unpaired) electrons. The predicted octanol–water partition coefficient (Wildman–Crippen LogP) is 7.00. The second-order valence-electron chi connectivity index (χ2n) is 14.3. The molecule has 0 bridgehead atoms. The normalized spacial score (nSPS) is 13.1. The molecular weight excluding hydrogens is 857 g/mol. The summed E-state index contributed by atoms with van der Waals surface area (Å²) in [4.78, 5) is 35.6. The Morgan fingerprint density at radius 2 is 0.983 bits per heavy atom. The number of hydrogen-bond acceptors (Lipinski definition) is 15. The first-order valence-electron chi connectivity index (χ1n) is 20.2. The average Bonchev–Trinajstić information content (AvgIpc) is 3.18. The van der Waals surface area contributed by atoms with Crippen LogP contribution in [0.5, 0.6) is 0 Å². The summed E-state index contributed by atoms with van der Waals surface area (Å²) in [6.45, 7) is 19.0. The largest absolute Gasteiger partial charge is 0.500 e. The standard InChI is InChI=1S/C14H30O4SSi.C13H29NO4SSi.C11H25NO4SSi/c1-6-16-20(17-7-2,18-8-3)11-9-10-19-12-13(4)14(5)15;1-13(2,12(15)14(3)4)11-19-9-8-10-20(16-5,17-6)18-7;1-10(12-11(2)13)9-17-7-6-8-18(14-3,15-4)16-5/h13H,6-12H2,1-5H3;8-11H2,1-7H3;10H,6-9H2,1-5H3,(H,12,13). The van der Waals surface area contributed by atoms with Gasteiger partial charge in [0.15, 0.2) is 0 Å². The summed E-state index contributed by atoms with van der Waals surface area (Å²) in [6.07, 6.45) is 2.94. The van der Waals surface area contributed by atoms with Crippen LogP contribution in [0.15, 0.2) is 0 Å². The Morgan fingerprint density at radius 3 is 1.31 bits per heavy atom. The molecule has 0 aromatic heterocycles. The van der Waals surface area contributed by atoms with E-state index in [-0.39, 0.29) is 35.0 Å². The molecule has 0 saturated heterocycles. The lowest BCUT2D eigenvalue weighted by Gasteiger charge is -2.28. The molecule has 2 atom stereocenters. The molecule has 20 heteroatoms. The number of hydrogen-bond donors (Lipinski definition) is 1. The first-order valence-corrected chi connectivity index (χ1v) is 29.5. The van der Waals surface area contributed by atoms with Gasteiger partial charge in [-0.05, 0) is 71.1 Å². The average molecular weight is 942 g/mol. The Kier molecular flexibility index (Phi) is 39.1. The zero-order valence-corrected chi connectivity index (χ0v) is 44.8. The van der Waals surface area contributed by atoms with Gasteiger partial charge in [-0.15, -0.1) is 0 Å². The Hall–Kier alpha value is -0.0494. The van der Waals surface area contributed by atoms with Gasteiger partial charge in [0.1, 0.15) is 5.78 Å². The molecule has 0 aromatic carbocycles. The van der Waals surface area contributed by atoms with Gasteiger partial charge in [-0.3, -0.25) is 14.4 Å². The number of thioether (sulfide) groups is 3. The van der Waals surface area contributed by atoms with Crippen LogP contribution in [0, 0.1) is 11.3 Å². The van der Waals surface area contributed by atoms with Crippen LogP contribution >= 0.6 is 35.3 Å². The van der Waals surface area contributed by atoms with Crippen molar-refractivity contribution in [2.75, 3.05) is 111 Å². The Balaban J connectivity index is -0.000000784. The minimum atomic E-state index is -2.47. The van der Waals surface area contributed by atoms with Crippen molar-refractivity contribution in [3.05, 3.63) is 0 Å². The summed E-state index contributed by atoms with van der Waals surface area (Å²) in [5.41, 5.74) is -0.327. The van der Waals surface area contributed by atoms with Crippen LogP contribution in [-0.2, 0) is 54.2 Å². The molecule has 14 nitrogen and oxygen atoms in total. The summed E-state index contributed by atoms with van der Waals surface area (Å²) >= 11 is 5.42. The van der Waals surface area contributed by atoms with E-state index in [0.717, 1.165) is 71.9 Å². The molecule has 0 aromatic rings. The lowest BCUT2D eigenvalue weighted by atomic mass is 9.95. The van der Waals surface area contributed by atoms with Crippen LogP contribution in [0.25, 0.3) is 0 Å². The van der Waals surface area contributed by atoms with Crippen molar-refractivity contribution in [2.45, 2.75) is 106 Å². The van der Waals surface area contributed by atoms with Crippen molar-refractivity contribution in [2.24, 2.45) is 11.3 Å². The molecule has 348 valence electrons. The summed E-state index contributed by atoms with van der Waals surface area (Å²) in [6, 6.07) is 2.68. The van der Waals surface area contributed by atoms with E-state index in [9.17, 15) is 14.4 Å². The van der Waals surface area contributed by atoms with E-state index < -0.39 is 26.4 Å². The van der Waals surface area contributed by atoms with Crippen molar-refractivity contribution in [1.29, 1.82) is 0 Å². The SMILES string of the molecule is CCO[Si](CCCSCC(C)C(C)=O)(OCC)OCC.CO[Si](CCCSCC(C)(C)C(=O)N(C)C)(OC)OC.CO[Si](CCCSCC(C)NC(C)=O)(OC)OC. The highest BCUT2D eigenvalue weighted by Crippen LogP contribution is 2.26. The van der Waals surface area contributed by atoms with Crippen molar-refractivity contribution in [3.8, 4) is 0 Å². The van der Waals surface area contributed by atoms with E-state index in [2.05, 4.69) is 5.32 Å².